The largest absolute Gasteiger partial charge is 0.465 e. The molecule has 1 aliphatic rings. The van der Waals surface area contributed by atoms with Crippen LogP contribution in [-0.4, -0.2) is 19.0 Å². The van der Waals surface area contributed by atoms with Crippen molar-refractivity contribution < 1.29 is 14.3 Å². The van der Waals surface area contributed by atoms with Gasteiger partial charge in [0.05, 0.1) is 12.8 Å². The fraction of sp³-hybridized carbons (Fsp3) is 0.385. The molecule has 2 rings (SSSR count). The third-order valence-corrected chi connectivity index (χ3v) is 3.76. The van der Waals surface area contributed by atoms with Gasteiger partial charge in [-0.05, 0) is 30.2 Å². The summed E-state index contributed by atoms with van der Waals surface area (Å²) >= 11 is 1.26. The van der Waals surface area contributed by atoms with Crippen molar-refractivity contribution in [3.8, 4) is 0 Å². The summed E-state index contributed by atoms with van der Waals surface area (Å²) in [6, 6.07) is 1.72. The maximum atomic E-state index is 11.8. The molecular weight excluding hydrogens is 250 g/mol. The molecule has 5 heteroatoms. The number of carbonyl (C=O) groups is 2. The minimum atomic E-state index is -0.416. The van der Waals surface area contributed by atoms with E-state index in [2.05, 4.69) is 22.2 Å². The zero-order valence-electron chi connectivity index (χ0n) is 10.1. The minimum Gasteiger partial charge on any atom is -0.465 e. The Labute approximate surface area is 110 Å². The van der Waals surface area contributed by atoms with Gasteiger partial charge in [0.1, 0.15) is 4.88 Å². The molecule has 0 aliphatic heterocycles. The minimum absolute atomic E-state index is 0.0601. The van der Waals surface area contributed by atoms with Gasteiger partial charge in [-0.15, -0.1) is 11.3 Å². The van der Waals surface area contributed by atoms with Crippen molar-refractivity contribution in [1.82, 2.24) is 0 Å². The van der Waals surface area contributed by atoms with E-state index in [0.29, 0.717) is 22.9 Å². The average molecular weight is 265 g/mol. The van der Waals surface area contributed by atoms with Crippen molar-refractivity contribution in [3.63, 3.8) is 0 Å². The SMILES string of the molecule is COC(=O)c1sccc1NC(=O)C[C@@H]1C=CCC1. The Morgan fingerprint density at radius 1 is 1.56 bits per heavy atom. The van der Waals surface area contributed by atoms with Crippen molar-refractivity contribution in [3.05, 3.63) is 28.5 Å². The molecule has 1 aromatic heterocycles. The molecule has 0 spiro atoms. The van der Waals surface area contributed by atoms with Crippen molar-refractivity contribution in [2.45, 2.75) is 19.3 Å². The van der Waals surface area contributed by atoms with Crippen LogP contribution >= 0.6 is 11.3 Å². The first-order chi connectivity index (χ1) is 8.70. The molecule has 1 atom stereocenters. The Morgan fingerprint density at radius 3 is 3.06 bits per heavy atom. The summed E-state index contributed by atoms with van der Waals surface area (Å²) in [5, 5.41) is 4.53. The molecule has 4 nitrogen and oxygen atoms in total. The zero-order valence-corrected chi connectivity index (χ0v) is 11.0. The number of rotatable bonds is 4. The maximum absolute atomic E-state index is 11.8. The van der Waals surface area contributed by atoms with E-state index in [1.807, 2.05) is 0 Å². The number of nitrogens with one attached hydrogen (secondary N) is 1. The van der Waals surface area contributed by atoms with Crippen LogP contribution in [0.1, 0.15) is 28.9 Å². The van der Waals surface area contributed by atoms with Crippen LogP contribution in [0.4, 0.5) is 5.69 Å². The predicted molar refractivity (Wildman–Crippen MR) is 70.8 cm³/mol. The van der Waals surface area contributed by atoms with Crippen LogP contribution in [-0.2, 0) is 9.53 Å². The van der Waals surface area contributed by atoms with E-state index in [4.69, 9.17) is 0 Å². The van der Waals surface area contributed by atoms with Gasteiger partial charge < -0.3 is 10.1 Å². The first-order valence-electron chi connectivity index (χ1n) is 5.83. The van der Waals surface area contributed by atoms with Crippen molar-refractivity contribution in [1.29, 1.82) is 0 Å². The number of hydrogen-bond donors (Lipinski definition) is 1. The standard InChI is InChI=1S/C13H15NO3S/c1-17-13(16)12-10(6-7-18-12)14-11(15)8-9-4-2-3-5-9/h2,4,6-7,9H,3,5,8H2,1H3,(H,14,15)/t9-/m1/s1. The average Bonchev–Trinajstić information content (AvgIpc) is 2.99. The summed E-state index contributed by atoms with van der Waals surface area (Å²) in [7, 11) is 1.33. The summed E-state index contributed by atoms with van der Waals surface area (Å²) in [5.41, 5.74) is 0.541. The van der Waals surface area contributed by atoms with E-state index in [0.717, 1.165) is 12.8 Å². The van der Waals surface area contributed by atoms with Gasteiger partial charge in [0.25, 0.3) is 0 Å². The maximum Gasteiger partial charge on any atom is 0.350 e. The van der Waals surface area contributed by atoms with Crippen LogP contribution in [0.15, 0.2) is 23.6 Å². The molecule has 96 valence electrons. The molecule has 1 N–H and O–H groups in total. The number of carbonyl (C=O) groups excluding carboxylic acids is 2. The Morgan fingerprint density at radius 2 is 2.39 bits per heavy atom. The number of anilines is 1. The molecular formula is C13H15NO3S. The Hall–Kier alpha value is -1.62. The second kappa shape index (κ2) is 5.82. The quantitative estimate of drug-likeness (QED) is 0.672. The summed E-state index contributed by atoms with van der Waals surface area (Å²) in [4.78, 5) is 23.7. The van der Waals surface area contributed by atoms with Gasteiger partial charge in [-0.25, -0.2) is 4.79 Å². The molecule has 0 fully saturated rings. The van der Waals surface area contributed by atoms with Gasteiger partial charge in [-0.3, -0.25) is 4.79 Å². The lowest BCUT2D eigenvalue weighted by Gasteiger charge is -2.08. The smallest absolute Gasteiger partial charge is 0.350 e. The van der Waals surface area contributed by atoms with Crippen molar-refractivity contribution in [2.24, 2.45) is 5.92 Å². The molecule has 1 aliphatic carbocycles. The van der Waals surface area contributed by atoms with Gasteiger partial charge in [0.2, 0.25) is 5.91 Å². The number of hydrogen-bond acceptors (Lipinski definition) is 4. The molecule has 0 saturated carbocycles. The topological polar surface area (TPSA) is 55.4 Å². The van der Waals surface area contributed by atoms with E-state index in [-0.39, 0.29) is 5.91 Å². The number of esters is 1. The number of ether oxygens (including phenoxy) is 1. The van der Waals surface area contributed by atoms with E-state index in [9.17, 15) is 9.59 Å². The van der Waals surface area contributed by atoms with Crippen LogP contribution in [0.2, 0.25) is 0 Å². The Balaban J connectivity index is 1.96. The summed E-state index contributed by atoms with van der Waals surface area (Å²) in [6.45, 7) is 0. The highest BCUT2D eigenvalue weighted by molar-refractivity contribution is 7.12. The van der Waals surface area contributed by atoms with Gasteiger partial charge in [-0.1, -0.05) is 12.2 Å². The number of thiophene rings is 1. The highest BCUT2D eigenvalue weighted by Crippen LogP contribution is 2.25. The lowest BCUT2D eigenvalue weighted by atomic mass is 10.1. The van der Waals surface area contributed by atoms with Gasteiger partial charge in [0.15, 0.2) is 0 Å². The first kappa shape index (κ1) is 12.8. The van der Waals surface area contributed by atoms with Crippen LogP contribution in [0, 0.1) is 5.92 Å². The fourth-order valence-corrected chi connectivity index (χ4v) is 2.73. The third-order valence-electron chi connectivity index (χ3n) is 2.87. The van der Waals surface area contributed by atoms with E-state index < -0.39 is 5.97 Å². The van der Waals surface area contributed by atoms with Gasteiger partial charge in [-0.2, -0.15) is 0 Å². The Bertz CT molecular complexity index is 478. The number of allylic oxidation sites excluding steroid dienone is 2. The highest BCUT2D eigenvalue weighted by Gasteiger charge is 2.18. The molecule has 1 aromatic rings. The fourth-order valence-electron chi connectivity index (χ4n) is 1.96. The zero-order chi connectivity index (χ0) is 13.0. The molecule has 0 bridgehead atoms. The molecule has 18 heavy (non-hydrogen) atoms. The molecule has 1 amide bonds. The van der Waals surface area contributed by atoms with E-state index >= 15 is 0 Å². The normalized spacial score (nSPS) is 17.7. The van der Waals surface area contributed by atoms with Gasteiger partial charge >= 0.3 is 5.97 Å². The molecule has 1 heterocycles. The lowest BCUT2D eigenvalue weighted by Crippen LogP contribution is -2.16. The summed E-state index contributed by atoms with van der Waals surface area (Å²) in [6.07, 6.45) is 6.72. The molecule has 0 radical (unpaired) electrons. The van der Waals surface area contributed by atoms with E-state index in [1.165, 1.54) is 18.4 Å². The predicted octanol–water partition coefficient (Wildman–Crippen LogP) is 2.83. The van der Waals surface area contributed by atoms with Crippen molar-refractivity contribution >= 4 is 28.9 Å². The van der Waals surface area contributed by atoms with Crippen molar-refractivity contribution in [2.75, 3.05) is 12.4 Å². The van der Waals surface area contributed by atoms with Crippen LogP contribution in [0.3, 0.4) is 0 Å². The number of methoxy groups -OCH3 is 1. The molecule has 0 aromatic carbocycles. The Kier molecular flexibility index (Phi) is 4.15. The summed E-state index contributed by atoms with van der Waals surface area (Å²) in [5.74, 6) is -0.152. The monoisotopic (exact) mass is 265 g/mol. The first-order valence-corrected chi connectivity index (χ1v) is 6.71. The van der Waals surface area contributed by atoms with E-state index in [1.54, 1.807) is 11.4 Å². The lowest BCUT2D eigenvalue weighted by molar-refractivity contribution is -0.116. The second-order valence-electron chi connectivity index (χ2n) is 4.17. The van der Waals surface area contributed by atoms with Crippen LogP contribution in [0.5, 0.6) is 0 Å². The summed E-state index contributed by atoms with van der Waals surface area (Å²) < 4.78 is 4.66. The number of amides is 1. The molecule has 0 saturated heterocycles. The van der Waals surface area contributed by atoms with Crippen LogP contribution < -0.4 is 5.32 Å². The third kappa shape index (κ3) is 2.98. The molecule has 0 unspecified atom stereocenters. The van der Waals surface area contributed by atoms with Crippen LogP contribution in [0.25, 0.3) is 0 Å². The van der Waals surface area contributed by atoms with Gasteiger partial charge in [0, 0.05) is 6.42 Å². The highest BCUT2D eigenvalue weighted by atomic mass is 32.1. The second-order valence-corrected chi connectivity index (χ2v) is 5.09.